The predicted molar refractivity (Wildman–Crippen MR) is 94.2 cm³/mol. The number of anilines is 2. The van der Waals surface area contributed by atoms with Crippen molar-refractivity contribution in [2.75, 3.05) is 10.6 Å². The molecule has 7 heteroatoms. The summed E-state index contributed by atoms with van der Waals surface area (Å²) in [7, 11) is 0. The van der Waals surface area contributed by atoms with Gasteiger partial charge in [0.25, 0.3) is 0 Å². The zero-order chi connectivity index (χ0) is 15.5. The Morgan fingerprint density at radius 2 is 1.19 bits per heavy atom. The largest absolute Gasteiger partial charge is 0.362 e. The average Bonchev–Trinajstić information content (AvgIpc) is 2.37. The molecule has 2 N–H and O–H groups in total. The maximum atomic E-state index is 6.02. The van der Waals surface area contributed by atoms with Crippen LogP contribution in [0.25, 0.3) is 0 Å². The first-order valence-electron chi connectivity index (χ1n) is 5.95. The van der Waals surface area contributed by atoms with E-state index < -0.39 is 9.96 Å². The Hall–Kier alpha value is -0.510. The van der Waals surface area contributed by atoms with E-state index in [1.165, 1.54) is 0 Å². The van der Waals surface area contributed by atoms with Crippen molar-refractivity contribution in [1.82, 2.24) is 0 Å². The Balaban J connectivity index is 2.19. The van der Waals surface area contributed by atoms with E-state index in [2.05, 4.69) is 10.6 Å². The molecule has 0 bridgehead atoms. The zero-order valence-corrected chi connectivity index (χ0v) is 14.4. The maximum Gasteiger partial charge on any atom is 0.228 e. The van der Waals surface area contributed by atoms with Gasteiger partial charge in [-0.1, -0.05) is 70.1 Å². The van der Waals surface area contributed by atoms with E-state index in [-0.39, 0.29) is 0 Å². The number of hydrogen-bond donors (Lipinski definition) is 2. The molecular weight excluding hydrogens is 373 g/mol. The molecule has 0 radical (unpaired) electrons. The van der Waals surface area contributed by atoms with E-state index in [9.17, 15) is 0 Å². The fraction of sp³-hybridized carbons (Fsp3) is 0.143. The highest BCUT2D eigenvalue weighted by molar-refractivity contribution is 6.68. The lowest BCUT2D eigenvalue weighted by Crippen LogP contribution is -2.40. The number of rotatable bonds is 4. The lowest BCUT2D eigenvalue weighted by Gasteiger charge is -2.28. The zero-order valence-electron chi connectivity index (χ0n) is 10.6. The van der Waals surface area contributed by atoms with Gasteiger partial charge in [0.15, 0.2) is 0 Å². The smallest absolute Gasteiger partial charge is 0.228 e. The third kappa shape index (κ3) is 5.32. The van der Waals surface area contributed by atoms with E-state index >= 15 is 0 Å². The summed E-state index contributed by atoms with van der Waals surface area (Å²) in [5.41, 5.74) is 1.46. The molecule has 0 aliphatic rings. The van der Waals surface area contributed by atoms with Crippen LogP contribution in [0, 0.1) is 0 Å². The van der Waals surface area contributed by atoms with Gasteiger partial charge in [-0.2, -0.15) is 0 Å². The highest BCUT2D eigenvalue weighted by Gasteiger charge is 2.32. The van der Waals surface area contributed by atoms with Gasteiger partial charge in [-0.15, -0.1) is 0 Å². The average molecular weight is 385 g/mol. The van der Waals surface area contributed by atoms with Crippen LogP contribution in [0.15, 0.2) is 48.5 Å². The van der Waals surface area contributed by atoms with Gasteiger partial charge in [0.1, 0.15) is 6.17 Å². The number of hydrogen-bond acceptors (Lipinski definition) is 2. The fourth-order valence-corrected chi connectivity index (χ4v) is 2.40. The Morgan fingerprint density at radius 3 is 1.52 bits per heavy atom. The van der Waals surface area contributed by atoms with Crippen LogP contribution in [0.5, 0.6) is 0 Å². The third-order valence-corrected chi connectivity index (χ3v) is 3.72. The van der Waals surface area contributed by atoms with E-state index in [1.54, 1.807) is 36.4 Å². The van der Waals surface area contributed by atoms with Crippen molar-refractivity contribution < 1.29 is 0 Å². The SMILES string of the molecule is Clc1cccc(NC(Nc2cccc(Cl)c2)C(Cl)(Cl)Cl)c1. The van der Waals surface area contributed by atoms with Crippen LogP contribution in [0.4, 0.5) is 11.4 Å². The van der Waals surface area contributed by atoms with Crippen LogP contribution in [0.3, 0.4) is 0 Å². The fourth-order valence-electron chi connectivity index (χ4n) is 1.69. The third-order valence-electron chi connectivity index (χ3n) is 2.60. The summed E-state index contributed by atoms with van der Waals surface area (Å²) >= 11 is 29.9. The molecule has 0 aromatic heterocycles. The summed E-state index contributed by atoms with van der Waals surface area (Å²) in [5, 5.41) is 7.36. The molecule has 0 saturated carbocycles. The highest BCUT2D eigenvalue weighted by Crippen LogP contribution is 2.33. The minimum Gasteiger partial charge on any atom is -0.362 e. The molecule has 2 rings (SSSR count). The summed E-state index contributed by atoms with van der Waals surface area (Å²) in [6.07, 6.45) is -0.667. The second kappa shape index (κ2) is 7.17. The van der Waals surface area contributed by atoms with E-state index in [0.29, 0.717) is 10.0 Å². The first-order valence-corrected chi connectivity index (χ1v) is 7.84. The molecule has 0 fully saturated rings. The van der Waals surface area contributed by atoms with Crippen molar-refractivity contribution in [1.29, 1.82) is 0 Å². The highest BCUT2D eigenvalue weighted by atomic mass is 35.6. The molecule has 112 valence electrons. The van der Waals surface area contributed by atoms with E-state index in [1.807, 2.05) is 12.1 Å². The minimum absolute atomic E-state index is 0.589. The van der Waals surface area contributed by atoms with Gasteiger partial charge in [-0.25, -0.2) is 0 Å². The van der Waals surface area contributed by atoms with Crippen molar-refractivity contribution >= 4 is 69.4 Å². The van der Waals surface area contributed by atoms with Crippen LogP contribution in [0.1, 0.15) is 0 Å². The van der Waals surface area contributed by atoms with Crippen LogP contribution < -0.4 is 10.6 Å². The monoisotopic (exact) mass is 382 g/mol. The predicted octanol–water partition coefficient (Wildman–Crippen LogP) is 6.21. The second-order valence-corrected chi connectivity index (χ2v) is 7.53. The summed E-state index contributed by atoms with van der Waals surface area (Å²) < 4.78 is -1.58. The number of halogens is 5. The van der Waals surface area contributed by atoms with Gasteiger partial charge < -0.3 is 10.6 Å². The minimum atomic E-state index is -1.58. The van der Waals surface area contributed by atoms with Gasteiger partial charge >= 0.3 is 0 Å². The van der Waals surface area contributed by atoms with Gasteiger partial charge in [-0.3, -0.25) is 0 Å². The van der Waals surface area contributed by atoms with E-state index in [0.717, 1.165) is 11.4 Å². The number of benzene rings is 2. The molecule has 0 aliphatic heterocycles. The van der Waals surface area contributed by atoms with Crippen LogP contribution >= 0.6 is 58.0 Å². The van der Waals surface area contributed by atoms with Gasteiger partial charge in [0.2, 0.25) is 3.79 Å². The molecule has 0 atom stereocenters. The molecule has 0 heterocycles. The molecule has 21 heavy (non-hydrogen) atoms. The molecule has 0 spiro atoms. The molecule has 0 saturated heterocycles. The van der Waals surface area contributed by atoms with Crippen molar-refractivity contribution in [3.63, 3.8) is 0 Å². The molecule has 2 aromatic carbocycles. The second-order valence-electron chi connectivity index (χ2n) is 4.28. The first-order chi connectivity index (χ1) is 9.84. The van der Waals surface area contributed by atoms with Crippen molar-refractivity contribution in [2.24, 2.45) is 0 Å². The Labute approximate surface area is 148 Å². The number of alkyl halides is 3. The Bertz CT molecular complexity index is 565. The van der Waals surface area contributed by atoms with Crippen LogP contribution in [0.2, 0.25) is 10.0 Å². The molecule has 0 aliphatic carbocycles. The molecule has 2 nitrogen and oxygen atoms in total. The number of nitrogens with one attached hydrogen (secondary N) is 2. The first kappa shape index (κ1) is 16.9. The Kier molecular flexibility index (Phi) is 5.75. The summed E-state index contributed by atoms with van der Waals surface area (Å²) in [5.74, 6) is 0. The van der Waals surface area contributed by atoms with Crippen molar-refractivity contribution in [3.05, 3.63) is 58.6 Å². The quantitative estimate of drug-likeness (QED) is 0.483. The molecule has 0 amide bonds. The summed E-state index contributed by atoms with van der Waals surface area (Å²) in [6, 6.07) is 14.3. The molecule has 0 unspecified atom stereocenters. The van der Waals surface area contributed by atoms with Crippen LogP contribution in [-0.4, -0.2) is 9.96 Å². The summed E-state index contributed by atoms with van der Waals surface area (Å²) in [4.78, 5) is 0. The van der Waals surface area contributed by atoms with Crippen LogP contribution in [-0.2, 0) is 0 Å². The van der Waals surface area contributed by atoms with Gasteiger partial charge in [0.05, 0.1) is 0 Å². The van der Waals surface area contributed by atoms with Gasteiger partial charge in [0, 0.05) is 21.4 Å². The molecule has 2 aromatic rings. The lowest BCUT2D eigenvalue weighted by atomic mass is 10.3. The summed E-state index contributed by atoms with van der Waals surface area (Å²) in [6.45, 7) is 0. The standard InChI is InChI=1S/C14H11Cl5N2/c15-9-3-1-5-11(7-9)20-13(14(17,18)19)21-12-6-2-4-10(16)8-12/h1-8,13,20-21H. The topological polar surface area (TPSA) is 24.1 Å². The molecular formula is C14H11Cl5N2. The van der Waals surface area contributed by atoms with Crippen molar-refractivity contribution in [3.8, 4) is 0 Å². The van der Waals surface area contributed by atoms with Gasteiger partial charge in [-0.05, 0) is 36.4 Å². The van der Waals surface area contributed by atoms with Crippen molar-refractivity contribution in [2.45, 2.75) is 9.96 Å². The van der Waals surface area contributed by atoms with E-state index in [4.69, 9.17) is 58.0 Å². The normalized spacial score (nSPS) is 11.5. The lowest BCUT2D eigenvalue weighted by molar-refractivity contribution is 0.838. The Morgan fingerprint density at radius 1 is 0.762 bits per heavy atom. The maximum absolute atomic E-state index is 6.02.